The van der Waals surface area contributed by atoms with E-state index in [2.05, 4.69) is 33.8 Å². The Morgan fingerprint density at radius 1 is 1.50 bits per heavy atom. The van der Waals surface area contributed by atoms with Gasteiger partial charge in [-0.15, -0.1) is 0 Å². The van der Waals surface area contributed by atoms with Crippen LogP contribution in [0.4, 0.5) is 0 Å². The van der Waals surface area contributed by atoms with Gasteiger partial charge in [0.2, 0.25) is 0 Å². The summed E-state index contributed by atoms with van der Waals surface area (Å²) < 4.78 is 3.11. The summed E-state index contributed by atoms with van der Waals surface area (Å²) in [7, 11) is 0. The van der Waals surface area contributed by atoms with Gasteiger partial charge in [0.1, 0.15) is 0 Å². The highest BCUT2D eigenvalue weighted by Crippen LogP contribution is 2.33. The van der Waals surface area contributed by atoms with Crippen LogP contribution >= 0.6 is 22.6 Å². The summed E-state index contributed by atoms with van der Waals surface area (Å²) in [6.45, 7) is 0. The van der Waals surface area contributed by atoms with E-state index in [4.69, 9.17) is 5.26 Å². The molecule has 0 N–H and O–H groups in total. The first-order valence-electron chi connectivity index (χ1n) is 4.90. The number of hydrogen-bond donors (Lipinski definition) is 0. The topological polar surface area (TPSA) is 41.6 Å². The summed E-state index contributed by atoms with van der Waals surface area (Å²) >= 11 is 2.25. The average molecular weight is 301 g/mol. The van der Waals surface area contributed by atoms with Crippen molar-refractivity contribution in [1.29, 1.82) is 5.26 Å². The van der Waals surface area contributed by atoms with Gasteiger partial charge in [0, 0.05) is 6.20 Å². The van der Waals surface area contributed by atoms with E-state index in [0.29, 0.717) is 6.04 Å². The molecule has 1 aromatic heterocycles. The molecule has 1 aliphatic rings. The lowest BCUT2D eigenvalue weighted by Gasteiger charge is -2.26. The largest absolute Gasteiger partial charge is 0.267 e. The summed E-state index contributed by atoms with van der Waals surface area (Å²) in [6.07, 6.45) is 8.41. The molecule has 0 aromatic carbocycles. The molecule has 3 nitrogen and oxygen atoms in total. The monoisotopic (exact) mass is 301 g/mol. The van der Waals surface area contributed by atoms with Crippen molar-refractivity contribution in [3.05, 3.63) is 16.0 Å². The van der Waals surface area contributed by atoms with Crippen LogP contribution in [0, 0.1) is 20.8 Å². The minimum absolute atomic E-state index is 0.152. The van der Waals surface area contributed by atoms with Gasteiger partial charge < -0.3 is 0 Å². The Hall–Kier alpha value is -0.570. The van der Waals surface area contributed by atoms with Gasteiger partial charge in [-0.2, -0.15) is 10.4 Å². The molecule has 0 bridgehead atoms. The Labute approximate surface area is 97.2 Å². The average Bonchev–Trinajstić information content (AvgIpc) is 2.65. The van der Waals surface area contributed by atoms with Crippen LogP contribution in [0.15, 0.2) is 12.4 Å². The van der Waals surface area contributed by atoms with Crippen molar-refractivity contribution in [3.8, 4) is 6.07 Å². The lowest BCUT2D eigenvalue weighted by molar-refractivity contribution is 0.270. The standard InChI is InChI=1S/C10H12IN3/c11-9-6-13-14(7-9)10-4-2-1-3-8(10)5-12/h6-8,10H,1-4H2. The Morgan fingerprint density at radius 3 is 2.93 bits per heavy atom. The van der Waals surface area contributed by atoms with Gasteiger partial charge in [0.05, 0.1) is 27.8 Å². The molecule has 0 spiro atoms. The molecule has 2 unspecified atom stereocenters. The Kier molecular flexibility index (Phi) is 3.06. The van der Waals surface area contributed by atoms with Crippen LogP contribution in [0.25, 0.3) is 0 Å². The van der Waals surface area contributed by atoms with Crippen LogP contribution in [0.3, 0.4) is 0 Å². The zero-order valence-corrected chi connectivity index (χ0v) is 10.0. The van der Waals surface area contributed by atoms with Crippen LogP contribution in [0.5, 0.6) is 0 Å². The van der Waals surface area contributed by atoms with E-state index in [1.807, 2.05) is 17.1 Å². The van der Waals surface area contributed by atoms with Crippen LogP contribution in [-0.2, 0) is 0 Å². The molecule has 1 aromatic rings. The molecule has 14 heavy (non-hydrogen) atoms. The normalized spacial score (nSPS) is 27.1. The lowest BCUT2D eigenvalue weighted by atomic mass is 9.86. The minimum atomic E-state index is 0.152. The minimum Gasteiger partial charge on any atom is -0.267 e. The molecule has 0 amide bonds. The zero-order valence-electron chi connectivity index (χ0n) is 7.86. The van der Waals surface area contributed by atoms with Crippen molar-refractivity contribution >= 4 is 22.6 Å². The number of nitriles is 1. The van der Waals surface area contributed by atoms with Crippen LogP contribution in [0.2, 0.25) is 0 Å². The predicted molar refractivity (Wildman–Crippen MR) is 61.6 cm³/mol. The maximum absolute atomic E-state index is 9.04. The molecular weight excluding hydrogens is 289 g/mol. The molecular formula is C10H12IN3. The van der Waals surface area contributed by atoms with E-state index >= 15 is 0 Å². The van der Waals surface area contributed by atoms with Gasteiger partial charge >= 0.3 is 0 Å². The highest BCUT2D eigenvalue weighted by Gasteiger charge is 2.26. The molecule has 74 valence electrons. The Bertz CT molecular complexity index is 352. The van der Waals surface area contributed by atoms with Crippen LogP contribution in [-0.4, -0.2) is 9.78 Å². The molecule has 2 rings (SSSR count). The third kappa shape index (κ3) is 1.92. The third-order valence-electron chi connectivity index (χ3n) is 2.81. The van der Waals surface area contributed by atoms with E-state index in [0.717, 1.165) is 16.4 Å². The van der Waals surface area contributed by atoms with Crippen molar-refractivity contribution in [2.75, 3.05) is 0 Å². The molecule has 1 aliphatic carbocycles. The van der Waals surface area contributed by atoms with Crippen molar-refractivity contribution in [3.63, 3.8) is 0 Å². The molecule has 2 atom stereocenters. The molecule has 0 aliphatic heterocycles. The Balaban J connectivity index is 2.19. The first kappa shape index (κ1) is 9.97. The first-order valence-corrected chi connectivity index (χ1v) is 5.98. The second kappa shape index (κ2) is 4.30. The van der Waals surface area contributed by atoms with Crippen molar-refractivity contribution in [1.82, 2.24) is 9.78 Å². The predicted octanol–water partition coefficient (Wildman–Crippen LogP) is 2.74. The van der Waals surface area contributed by atoms with Crippen molar-refractivity contribution in [2.45, 2.75) is 31.7 Å². The smallest absolute Gasteiger partial charge is 0.0687 e. The van der Waals surface area contributed by atoms with E-state index in [-0.39, 0.29) is 5.92 Å². The second-order valence-corrected chi connectivity index (χ2v) is 4.97. The Morgan fingerprint density at radius 2 is 2.29 bits per heavy atom. The summed E-state index contributed by atoms with van der Waals surface area (Å²) in [5.41, 5.74) is 0. The fourth-order valence-corrected chi connectivity index (χ4v) is 2.48. The number of aromatic nitrogens is 2. The van der Waals surface area contributed by atoms with E-state index in [1.165, 1.54) is 12.8 Å². The zero-order chi connectivity index (χ0) is 9.97. The van der Waals surface area contributed by atoms with E-state index in [1.54, 1.807) is 0 Å². The molecule has 0 radical (unpaired) electrons. The van der Waals surface area contributed by atoms with Crippen molar-refractivity contribution < 1.29 is 0 Å². The number of rotatable bonds is 1. The van der Waals surface area contributed by atoms with E-state index in [9.17, 15) is 0 Å². The fraction of sp³-hybridized carbons (Fsp3) is 0.600. The quantitative estimate of drug-likeness (QED) is 0.748. The third-order valence-corrected chi connectivity index (χ3v) is 3.36. The fourth-order valence-electron chi connectivity index (χ4n) is 2.07. The SMILES string of the molecule is N#CC1CCCCC1n1cc(I)cn1. The second-order valence-electron chi connectivity index (χ2n) is 3.73. The lowest BCUT2D eigenvalue weighted by Crippen LogP contribution is -2.22. The summed E-state index contributed by atoms with van der Waals surface area (Å²) in [4.78, 5) is 0. The maximum atomic E-state index is 9.04. The van der Waals surface area contributed by atoms with Gasteiger partial charge in [-0.1, -0.05) is 12.8 Å². The van der Waals surface area contributed by atoms with Crippen LogP contribution < -0.4 is 0 Å². The van der Waals surface area contributed by atoms with Gasteiger partial charge in [-0.05, 0) is 35.4 Å². The summed E-state index contributed by atoms with van der Waals surface area (Å²) in [6, 6.07) is 2.70. The van der Waals surface area contributed by atoms with Gasteiger partial charge in [0.15, 0.2) is 0 Å². The first-order chi connectivity index (χ1) is 6.81. The highest BCUT2D eigenvalue weighted by molar-refractivity contribution is 14.1. The molecule has 0 saturated heterocycles. The number of halogens is 1. The number of nitrogens with zero attached hydrogens (tertiary/aromatic N) is 3. The van der Waals surface area contributed by atoms with Gasteiger partial charge in [-0.25, -0.2) is 0 Å². The molecule has 1 saturated carbocycles. The van der Waals surface area contributed by atoms with E-state index < -0.39 is 0 Å². The molecule has 4 heteroatoms. The van der Waals surface area contributed by atoms with Gasteiger partial charge in [0.25, 0.3) is 0 Å². The van der Waals surface area contributed by atoms with Crippen LogP contribution in [0.1, 0.15) is 31.7 Å². The number of hydrogen-bond acceptors (Lipinski definition) is 2. The molecule has 1 fully saturated rings. The molecule has 1 heterocycles. The highest BCUT2D eigenvalue weighted by atomic mass is 127. The summed E-state index contributed by atoms with van der Waals surface area (Å²) in [5.74, 6) is 0.152. The summed E-state index contributed by atoms with van der Waals surface area (Å²) in [5, 5.41) is 13.3. The maximum Gasteiger partial charge on any atom is 0.0687 e. The van der Waals surface area contributed by atoms with Crippen molar-refractivity contribution in [2.24, 2.45) is 5.92 Å². The van der Waals surface area contributed by atoms with Gasteiger partial charge in [-0.3, -0.25) is 4.68 Å².